The Morgan fingerprint density at radius 2 is 1.73 bits per heavy atom. The molecule has 40 heavy (non-hydrogen) atoms. The van der Waals surface area contributed by atoms with Crippen molar-refractivity contribution in [3.05, 3.63) is 94.6 Å². The van der Waals surface area contributed by atoms with Gasteiger partial charge in [0.25, 0.3) is 5.91 Å². The van der Waals surface area contributed by atoms with Crippen molar-refractivity contribution in [3.63, 3.8) is 0 Å². The molecule has 1 amide bonds. The Kier molecular flexibility index (Phi) is 9.49. The number of carbonyl (C=O) groups excluding carboxylic acids is 2. The highest BCUT2D eigenvalue weighted by Gasteiger charge is 2.31. The zero-order valence-corrected chi connectivity index (χ0v) is 24.2. The summed E-state index contributed by atoms with van der Waals surface area (Å²) in [5, 5.41) is 0. The van der Waals surface area contributed by atoms with Gasteiger partial charge in [0, 0.05) is 44.7 Å². The second kappa shape index (κ2) is 13.4. The first-order valence-electron chi connectivity index (χ1n) is 13.6. The Balaban J connectivity index is 1.11. The number of piperazine rings is 1. The van der Waals surface area contributed by atoms with Crippen molar-refractivity contribution in [2.24, 2.45) is 0 Å². The molecule has 0 atom stereocenters. The molecule has 208 valence electrons. The van der Waals surface area contributed by atoms with Crippen LogP contribution < -0.4 is 0 Å². The molecule has 2 fully saturated rings. The third-order valence-electron chi connectivity index (χ3n) is 7.17. The normalized spacial score (nSPS) is 17.6. The second-order valence-corrected chi connectivity index (χ2v) is 11.4. The highest BCUT2D eigenvalue weighted by Crippen LogP contribution is 2.33. The average Bonchev–Trinajstić information content (AvgIpc) is 3.57. The minimum atomic E-state index is -0.316. The molecule has 3 aromatic rings. The molecule has 2 aliphatic rings. The molecular formula is C31H33N3O4S2. The third kappa shape index (κ3) is 7.09. The van der Waals surface area contributed by atoms with Gasteiger partial charge in [-0.2, -0.15) is 0 Å². The lowest BCUT2D eigenvalue weighted by atomic mass is 10.1. The molecule has 2 aliphatic heterocycles. The molecule has 3 heterocycles. The molecule has 0 radical (unpaired) electrons. The van der Waals surface area contributed by atoms with E-state index in [0.29, 0.717) is 40.1 Å². The van der Waals surface area contributed by atoms with Crippen molar-refractivity contribution in [2.45, 2.75) is 19.9 Å². The van der Waals surface area contributed by atoms with E-state index in [-0.39, 0.29) is 11.9 Å². The SMILES string of the molecule is CCN1CCN(CCOC(=O)c2ccc(-c3ccc(C/C=C4/SC(=S)N(Cc5ccccc5)C4=O)o3)cc2)CC1. The van der Waals surface area contributed by atoms with E-state index < -0.39 is 0 Å². The number of allylic oxidation sites excluding steroid dienone is 1. The van der Waals surface area contributed by atoms with Gasteiger partial charge >= 0.3 is 5.97 Å². The number of furan rings is 1. The number of thioether (sulfide) groups is 1. The van der Waals surface area contributed by atoms with E-state index in [1.54, 1.807) is 17.0 Å². The number of carbonyl (C=O) groups is 2. The molecule has 7 nitrogen and oxygen atoms in total. The molecule has 0 bridgehead atoms. The van der Waals surface area contributed by atoms with Crippen LogP contribution in [-0.2, 0) is 22.5 Å². The summed E-state index contributed by atoms with van der Waals surface area (Å²) in [5.41, 5.74) is 2.42. The van der Waals surface area contributed by atoms with Gasteiger partial charge < -0.3 is 14.1 Å². The monoisotopic (exact) mass is 575 g/mol. The Labute approximate surface area is 244 Å². The van der Waals surface area contributed by atoms with Crippen LogP contribution in [0.2, 0.25) is 0 Å². The zero-order valence-electron chi connectivity index (χ0n) is 22.6. The molecule has 0 N–H and O–H groups in total. The van der Waals surface area contributed by atoms with Gasteiger partial charge in [0.2, 0.25) is 0 Å². The lowest BCUT2D eigenvalue weighted by molar-refractivity contribution is -0.122. The standard InChI is InChI=1S/C31H33N3O4S2/c1-2-32-16-18-33(19-17-32)20-21-37-30(36)25-10-8-24(9-11-25)27-14-12-26(38-27)13-15-28-29(35)34(31(39)40-28)22-23-6-4-3-5-7-23/h3-12,14-15H,2,13,16-22H2,1H3/b28-15+. The molecule has 0 aliphatic carbocycles. The molecule has 1 aromatic heterocycles. The Morgan fingerprint density at radius 1 is 1.00 bits per heavy atom. The number of esters is 1. The summed E-state index contributed by atoms with van der Waals surface area (Å²) in [5.74, 6) is 1.05. The summed E-state index contributed by atoms with van der Waals surface area (Å²) in [6, 6.07) is 20.9. The first-order chi connectivity index (χ1) is 19.5. The van der Waals surface area contributed by atoms with E-state index in [1.165, 1.54) is 11.8 Å². The number of amides is 1. The van der Waals surface area contributed by atoms with Gasteiger partial charge in [0.15, 0.2) is 0 Å². The minimum Gasteiger partial charge on any atom is -0.461 e. The van der Waals surface area contributed by atoms with Gasteiger partial charge in [-0.25, -0.2) is 4.79 Å². The van der Waals surface area contributed by atoms with Crippen molar-refractivity contribution < 1.29 is 18.7 Å². The Hall–Kier alpha value is -3.24. The number of ether oxygens (including phenoxy) is 1. The first-order valence-corrected chi connectivity index (χ1v) is 14.8. The Bertz CT molecular complexity index is 1360. The van der Waals surface area contributed by atoms with Gasteiger partial charge in [-0.3, -0.25) is 14.6 Å². The van der Waals surface area contributed by atoms with Gasteiger partial charge in [-0.1, -0.05) is 79.4 Å². The number of benzene rings is 2. The summed E-state index contributed by atoms with van der Waals surface area (Å²) >= 11 is 6.77. The van der Waals surface area contributed by atoms with Gasteiger partial charge in [0.05, 0.1) is 17.0 Å². The fraction of sp³-hybridized carbons (Fsp3) is 0.323. The second-order valence-electron chi connectivity index (χ2n) is 9.77. The summed E-state index contributed by atoms with van der Waals surface area (Å²) in [4.78, 5) is 32.4. The molecule has 0 spiro atoms. The summed E-state index contributed by atoms with van der Waals surface area (Å²) in [6.07, 6.45) is 2.35. The summed E-state index contributed by atoms with van der Waals surface area (Å²) < 4.78 is 12.1. The van der Waals surface area contributed by atoms with E-state index in [4.69, 9.17) is 21.4 Å². The molecular weight excluding hydrogens is 542 g/mol. The largest absolute Gasteiger partial charge is 0.461 e. The number of rotatable bonds is 10. The van der Waals surface area contributed by atoms with E-state index >= 15 is 0 Å². The molecule has 2 saturated heterocycles. The lowest BCUT2D eigenvalue weighted by Gasteiger charge is -2.33. The van der Waals surface area contributed by atoms with Crippen LogP contribution in [0.15, 0.2) is 82.1 Å². The number of likely N-dealkylation sites (N-methyl/N-ethyl adjacent to an activating group) is 1. The van der Waals surface area contributed by atoms with Crippen LogP contribution in [0.1, 0.15) is 28.6 Å². The van der Waals surface area contributed by atoms with Crippen LogP contribution in [-0.4, -0.2) is 76.8 Å². The fourth-order valence-corrected chi connectivity index (χ4v) is 5.95. The van der Waals surface area contributed by atoms with Crippen LogP contribution >= 0.6 is 24.0 Å². The number of nitrogens with zero attached hydrogens (tertiary/aromatic N) is 3. The molecule has 0 saturated carbocycles. The van der Waals surface area contributed by atoms with Crippen molar-refractivity contribution in [3.8, 4) is 11.3 Å². The van der Waals surface area contributed by atoms with E-state index in [1.807, 2.05) is 60.7 Å². The molecule has 5 rings (SSSR count). The van der Waals surface area contributed by atoms with Crippen molar-refractivity contribution >= 4 is 40.2 Å². The predicted octanol–water partition coefficient (Wildman–Crippen LogP) is 5.23. The fourth-order valence-electron chi connectivity index (χ4n) is 4.73. The van der Waals surface area contributed by atoms with Crippen molar-refractivity contribution in [2.75, 3.05) is 45.9 Å². The maximum Gasteiger partial charge on any atom is 0.338 e. The maximum absolute atomic E-state index is 12.9. The van der Waals surface area contributed by atoms with Gasteiger partial charge in [-0.15, -0.1) is 0 Å². The third-order valence-corrected chi connectivity index (χ3v) is 8.59. The minimum absolute atomic E-state index is 0.0767. The van der Waals surface area contributed by atoms with Crippen LogP contribution in [0.4, 0.5) is 0 Å². The first kappa shape index (κ1) is 28.3. The quantitative estimate of drug-likeness (QED) is 0.185. The zero-order chi connectivity index (χ0) is 27.9. The molecule has 2 aromatic carbocycles. The van der Waals surface area contributed by atoms with E-state index in [2.05, 4.69) is 16.7 Å². The smallest absolute Gasteiger partial charge is 0.338 e. The molecule has 9 heteroatoms. The van der Waals surface area contributed by atoms with E-state index in [9.17, 15) is 9.59 Å². The van der Waals surface area contributed by atoms with Crippen molar-refractivity contribution in [1.29, 1.82) is 0 Å². The van der Waals surface area contributed by atoms with Crippen molar-refractivity contribution in [1.82, 2.24) is 14.7 Å². The van der Waals surface area contributed by atoms with Crippen LogP contribution in [0.5, 0.6) is 0 Å². The van der Waals surface area contributed by atoms with Gasteiger partial charge in [-0.05, 0) is 36.4 Å². The highest BCUT2D eigenvalue weighted by atomic mass is 32.2. The average molecular weight is 576 g/mol. The highest BCUT2D eigenvalue weighted by molar-refractivity contribution is 8.26. The lowest BCUT2D eigenvalue weighted by Crippen LogP contribution is -2.47. The topological polar surface area (TPSA) is 66.2 Å². The van der Waals surface area contributed by atoms with Crippen LogP contribution in [0.25, 0.3) is 11.3 Å². The van der Waals surface area contributed by atoms with Gasteiger partial charge in [0.1, 0.15) is 22.4 Å². The number of hydrogen-bond donors (Lipinski definition) is 0. The van der Waals surface area contributed by atoms with E-state index in [0.717, 1.165) is 56.2 Å². The number of hydrogen-bond acceptors (Lipinski definition) is 8. The Morgan fingerprint density at radius 3 is 2.45 bits per heavy atom. The maximum atomic E-state index is 12.9. The van der Waals surface area contributed by atoms with Crippen LogP contribution in [0, 0.1) is 0 Å². The summed E-state index contributed by atoms with van der Waals surface area (Å²) in [6.45, 7) is 9.03. The number of thiocarbonyl (C=S) groups is 1. The van der Waals surface area contributed by atoms with Crippen LogP contribution in [0.3, 0.4) is 0 Å². The molecule has 0 unspecified atom stereocenters. The summed E-state index contributed by atoms with van der Waals surface area (Å²) in [7, 11) is 0. The predicted molar refractivity (Wildman–Crippen MR) is 162 cm³/mol.